The Kier molecular flexibility index (Phi) is 5.98. The van der Waals surface area contributed by atoms with E-state index in [1.807, 2.05) is 0 Å². The van der Waals surface area contributed by atoms with Gasteiger partial charge in [-0.1, -0.05) is 41.9 Å². The smallest absolute Gasteiger partial charge is 0.336 e. The molecule has 0 atom stereocenters. The molecule has 0 saturated heterocycles. The Morgan fingerprint density at radius 2 is 1.77 bits per heavy atom. The summed E-state index contributed by atoms with van der Waals surface area (Å²) >= 11 is 6.11. The van der Waals surface area contributed by atoms with E-state index in [2.05, 4.69) is 5.10 Å². The number of alkyl halides is 3. The first-order valence-corrected chi connectivity index (χ1v) is 9.24. The third kappa shape index (κ3) is 4.38. The molecule has 3 aromatic rings. The lowest BCUT2D eigenvalue weighted by atomic mass is 10.1. The number of amides is 1. The van der Waals surface area contributed by atoms with Crippen LogP contribution in [0.2, 0.25) is 5.02 Å². The van der Waals surface area contributed by atoms with Crippen LogP contribution >= 0.6 is 11.6 Å². The normalized spacial score (nSPS) is 11.4. The quantitative estimate of drug-likeness (QED) is 0.607. The van der Waals surface area contributed by atoms with E-state index in [-0.39, 0.29) is 17.9 Å². The van der Waals surface area contributed by atoms with E-state index in [0.717, 1.165) is 16.8 Å². The molecule has 1 aromatic heterocycles. The number of halogens is 4. The second kappa shape index (κ2) is 8.31. The molecule has 0 aliphatic carbocycles. The predicted molar refractivity (Wildman–Crippen MR) is 107 cm³/mol. The fourth-order valence-corrected chi connectivity index (χ4v) is 3.17. The van der Waals surface area contributed by atoms with Gasteiger partial charge < -0.3 is 4.90 Å². The highest BCUT2D eigenvalue weighted by Gasteiger charge is 2.34. The number of aryl methyl sites for hydroxylation is 1. The monoisotopic (exact) mass is 435 g/mol. The average molecular weight is 436 g/mol. The van der Waals surface area contributed by atoms with Crippen LogP contribution in [0, 0.1) is 6.92 Å². The van der Waals surface area contributed by atoms with Crippen LogP contribution in [0.1, 0.15) is 27.3 Å². The van der Waals surface area contributed by atoms with E-state index in [0.29, 0.717) is 10.6 Å². The highest BCUT2D eigenvalue weighted by molar-refractivity contribution is 6.31. The summed E-state index contributed by atoms with van der Waals surface area (Å²) in [6.45, 7) is 1.55. The van der Waals surface area contributed by atoms with Crippen molar-refractivity contribution in [3.63, 3.8) is 0 Å². The van der Waals surface area contributed by atoms with Crippen LogP contribution in [0.5, 0.6) is 0 Å². The molecule has 0 N–H and O–H groups in total. The summed E-state index contributed by atoms with van der Waals surface area (Å²) in [6, 6.07) is 12.8. The summed E-state index contributed by atoms with van der Waals surface area (Å²) in [5.41, 5.74) is -1.53. The predicted octanol–water partition coefficient (Wildman–Crippen LogP) is 4.49. The minimum Gasteiger partial charge on any atom is -0.336 e. The molecule has 5 nitrogen and oxygen atoms in total. The molecule has 30 heavy (non-hydrogen) atoms. The number of rotatable bonds is 4. The lowest BCUT2D eigenvalue weighted by molar-refractivity contribution is -0.137. The Balaban J connectivity index is 2.03. The van der Waals surface area contributed by atoms with Gasteiger partial charge in [-0.3, -0.25) is 9.59 Å². The standard InChI is InChI=1S/C21H17ClF3N3O2/c1-13-11-18(29)19(20(30)27(2)12-14-7-3-5-9-16(14)22)26-28(13)17-10-6-4-8-15(17)21(23,24)25/h3-11H,12H2,1-2H3. The molecule has 0 saturated carbocycles. The maximum Gasteiger partial charge on any atom is 0.418 e. The van der Waals surface area contributed by atoms with Crippen molar-refractivity contribution in [3.8, 4) is 5.69 Å². The SMILES string of the molecule is Cc1cc(=O)c(C(=O)N(C)Cc2ccccc2Cl)nn1-c1ccccc1C(F)(F)F. The molecule has 0 unspecified atom stereocenters. The lowest BCUT2D eigenvalue weighted by Gasteiger charge is -2.19. The molecule has 3 rings (SSSR count). The number of carbonyl (C=O) groups excluding carboxylic acids is 1. The number of hydrogen-bond donors (Lipinski definition) is 0. The Labute approximate surface area is 175 Å². The first-order chi connectivity index (χ1) is 14.1. The lowest BCUT2D eigenvalue weighted by Crippen LogP contribution is -2.33. The second-order valence-electron chi connectivity index (χ2n) is 6.68. The maximum absolute atomic E-state index is 13.4. The molecule has 2 aromatic carbocycles. The van der Waals surface area contributed by atoms with Crippen molar-refractivity contribution in [2.75, 3.05) is 7.05 Å². The number of aromatic nitrogens is 2. The minimum absolute atomic E-state index is 0.104. The molecule has 156 valence electrons. The Hall–Kier alpha value is -3.13. The topological polar surface area (TPSA) is 55.2 Å². The molecule has 0 fully saturated rings. The van der Waals surface area contributed by atoms with E-state index in [9.17, 15) is 22.8 Å². The largest absolute Gasteiger partial charge is 0.418 e. The molecule has 0 spiro atoms. The number of carbonyl (C=O) groups is 1. The number of benzene rings is 2. The molecule has 0 aliphatic rings. The molecule has 0 aliphatic heterocycles. The van der Waals surface area contributed by atoms with Crippen molar-refractivity contribution in [3.05, 3.63) is 92.4 Å². The van der Waals surface area contributed by atoms with Gasteiger partial charge in [0, 0.05) is 30.4 Å². The van der Waals surface area contributed by atoms with Gasteiger partial charge in [0.2, 0.25) is 5.43 Å². The van der Waals surface area contributed by atoms with Gasteiger partial charge in [0.05, 0.1) is 11.3 Å². The van der Waals surface area contributed by atoms with Crippen molar-refractivity contribution in [1.29, 1.82) is 0 Å². The van der Waals surface area contributed by atoms with E-state index in [1.165, 1.54) is 37.1 Å². The third-order valence-electron chi connectivity index (χ3n) is 4.46. The summed E-state index contributed by atoms with van der Waals surface area (Å²) in [6.07, 6.45) is -4.63. The van der Waals surface area contributed by atoms with E-state index >= 15 is 0 Å². The van der Waals surface area contributed by atoms with Gasteiger partial charge in [0.15, 0.2) is 5.69 Å². The average Bonchev–Trinajstić information content (AvgIpc) is 2.68. The molecule has 0 radical (unpaired) electrons. The first-order valence-electron chi connectivity index (χ1n) is 8.86. The highest BCUT2D eigenvalue weighted by Crippen LogP contribution is 2.33. The fourth-order valence-electron chi connectivity index (χ4n) is 2.97. The fraction of sp³-hybridized carbons (Fsp3) is 0.190. The second-order valence-corrected chi connectivity index (χ2v) is 7.09. The van der Waals surface area contributed by atoms with E-state index in [1.54, 1.807) is 24.3 Å². The summed E-state index contributed by atoms with van der Waals surface area (Å²) < 4.78 is 41.2. The van der Waals surface area contributed by atoms with Crippen molar-refractivity contribution in [1.82, 2.24) is 14.7 Å². The zero-order valence-electron chi connectivity index (χ0n) is 16.1. The van der Waals surface area contributed by atoms with Crippen LogP contribution in [0.25, 0.3) is 5.69 Å². The summed E-state index contributed by atoms with van der Waals surface area (Å²) in [5.74, 6) is -0.724. The zero-order valence-corrected chi connectivity index (χ0v) is 16.8. The van der Waals surface area contributed by atoms with Crippen molar-refractivity contribution in [2.24, 2.45) is 0 Å². The van der Waals surface area contributed by atoms with Gasteiger partial charge >= 0.3 is 6.18 Å². The van der Waals surface area contributed by atoms with Gasteiger partial charge in [0.25, 0.3) is 5.91 Å². The van der Waals surface area contributed by atoms with Gasteiger partial charge in [-0.15, -0.1) is 0 Å². The van der Waals surface area contributed by atoms with Crippen LogP contribution in [0.15, 0.2) is 59.4 Å². The highest BCUT2D eigenvalue weighted by atomic mass is 35.5. The van der Waals surface area contributed by atoms with Crippen LogP contribution in [-0.2, 0) is 12.7 Å². The number of hydrogen-bond acceptors (Lipinski definition) is 3. The van der Waals surface area contributed by atoms with Crippen molar-refractivity contribution < 1.29 is 18.0 Å². The molecule has 0 bridgehead atoms. The molecular weight excluding hydrogens is 419 g/mol. The zero-order chi connectivity index (χ0) is 22.1. The van der Waals surface area contributed by atoms with Crippen LogP contribution < -0.4 is 5.43 Å². The van der Waals surface area contributed by atoms with Crippen molar-refractivity contribution in [2.45, 2.75) is 19.6 Å². The van der Waals surface area contributed by atoms with Gasteiger partial charge in [-0.2, -0.15) is 18.3 Å². The summed E-state index contributed by atoms with van der Waals surface area (Å²) in [5, 5.41) is 4.43. The maximum atomic E-state index is 13.4. The molecule has 1 amide bonds. The Morgan fingerprint density at radius 3 is 2.43 bits per heavy atom. The molecule has 9 heteroatoms. The summed E-state index contributed by atoms with van der Waals surface area (Å²) in [7, 11) is 1.46. The molecular formula is C21H17ClF3N3O2. The van der Waals surface area contributed by atoms with Crippen LogP contribution in [0.3, 0.4) is 0 Å². The van der Waals surface area contributed by atoms with Gasteiger partial charge in [0.1, 0.15) is 0 Å². The molecule has 1 heterocycles. The van der Waals surface area contributed by atoms with Gasteiger partial charge in [-0.05, 0) is 30.7 Å². The van der Waals surface area contributed by atoms with Crippen molar-refractivity contribution >= 4 is 17.5 Å². The number of nitrogens with zero attached hydrogens (tertiary/aromatic N) is 3. The summed E-state index contributed by atoms with van der Waals surface area (Å²) in [4.78, 5) is 26.5. The van der Waals surface area contributed by atoms with Crippen LogP contribution in [0.4, 0.5) is 13.2 Å². The Morgan fingerprint density at radius 1 is 1.13 bits per heavy atom. The van der Waals surface area contributed by atoms with Gasteiger partial charge in [-0.25, -0.2) is 4.68 Å². The first kappa shape index (κ1) is 21.6. The minimum atomic E-state index is -4.63. The van der Waals surface area contributed by atoms with E-state index < -0.39 is 28.8 Å². The number of para-hydroxylation sites is 1. The van der Waals surface area contributed by atoms with Crippen LogP contribution in [-0.4, -0.2) is 27.6 Å². The van der Waals surface area contributed by atoms with E-state index in [4.69, 9.17) is 11.6 Å². The third-order valence-corrected chi connectivity index (χ3v) is 4.83. The Bertz CT molecular complexity index is 1160.